The molecular formula is C21H26N2O4. The number of amides is 1. The Kier molecular flexibility index (Phi) is 7.67. The van der Waals surface area contributed by atoms with Gasteiger partial charge in [-0.3, -0.25) is 4.79 Å². The summed E-state index contributed by atoms with van der Waals surface area (Å²) in [6, 6.07) is 13.1. The standard InChI is InChI=1S/C21H26N2O4/c1-5-15(2)16-6-8-18(9-7-16)27-14-21(24)23-22-13-17-12-19(25-3)10-11-20(17)26-4/h6-13,15H,5,14H2,1-4H3,(H,23,24)/b22-13+/t15-/m0/s1. The maximum Gasteiger partial charge on any atom is 0.277 e. The summed E-state index contributed by atoms with van der Waals surface area (Å²) in [5, 5.41) is 3.95. The maximum absolute atomic E-state index is 11.9. The highest BCUT2D eigenvalue weighted by Crippen LogP contribution is 2.22. The van der Waals surface area contributed by atoms with Crippen molar-refractivity contribution in [2.75, 3.05) is 20.8 Å². The van der Waals surface area contributed by atoms with Gasteiger partial charge in [0.15, 0.2) is 6.61 Å². The Hall–Kier alpha value is -3.02. The topological polar surface area (TPSA) is 69.2 Å². The Bertz CT molecular complexity index is 772. The first-order chi connectivity index (χ1) is 13.1. The lowest BCUT2D eigenvalue weighted by Gasteiger charge is -2.10. The zero-order chi connectivity index (χ0) is 19.6. The molecule has 0 bridgehead atoms. The molecule has 0 saturated carbocycles. The molecule has 0 fully saturated rings. The van der Waals surface area contributed by atoms with Gasteiger partial charge >= 0.3 is 0 Å². The van der Waals surface area contributed by atoms with E-state index in [2.05, 4.69) is 24.4 Å². The van der Waals surface area contributed by atoms with Crippen molar-refractivity contribution in [3.8, 4) is 17.2 Å². The predicted molar refractivity (Wildman–Crippen MR) is 106 cm³/mol. The highest BCUT2D eigenvalue weighted by atomic mass is 16.5. The molecule has 6 heteroatoms. The van der Waals surface area contributed by atoms with Crippen molar-refractivity contribution in [3.63, 3.8) is 0 Å². The molecule has 27 heavy (non-hydrogen) atoms. The fraction of sp³-hybridized carbons (Fsp3) is 0.333. The van der Waals surface area contributed by atoms with Crippen LogP contribution in [0, 0.1) is 0 Å². The maximum atomic E-state index is 11.9. The fourth-order valence-corrected chi connectivity index (χ4v) is 2.42. The van der Waals surface area contributed by atoms with Gasteiger partial charge in [-0.15, -0.1) is 0 Å². The highest BCUT2D eigenvalue weighted by molar-refractivity contribution is 5.86. The third-order valence-corrected chi connectivity index (χ3v) is 4.26. The summed E-state index contributed by atoms with van der Waals surface area (Å²) in [5.74, 6) is 2.11. The average Bonchev–Trinajstić information content (AvgIpc) is 2.71. The van der Waals surface area contributed by atoms with Crippen LogP contribution < -0.4 is 19.6 Å². The molecule has 0 unspecified atom stereocenters. The Labute approximate surface area is 160 Å². The van der Waals surface area contributed by atoms with Gasteiger partial charge in [0.25, 0.3) is 5.91 Å². The number of methoxy groups -OCH3 is 2. The van der Waals surface area contributed by atoms with E-state index in [4.69, 9.17) is 14.2 Å². The van der Waals surface area contributed by atoms with Crippen molar-refractivity contribution in [3.05, 3.63) is 53.6 Å². The van der Waals surface area contributed by atoms with Crippen LogP contribution in [0.4, 0.5) is 0 Å². The van der Waals surface area contributed by atoms with E-state index in [1.807, 2.05) is 24.3 Å². The minimum absolute atomic E-state index is 0.116. The number of benzene rings is 2. The van der Waals surface area contributed by atoms with E-state index in [0.717, 1.165) is 6.42 Å². The summed E-state index contributed by atoms with van der Waals surface area (Å²) in [7, 11) is 3.15. The molecule has 0 saturated heterocycles. The van der Waals surface area contributed by atoms with Crippen LogP contribution in [0.1, 0.15) is 37.3 Å². The molecule has 1 amide bonds. The molecule has 144 valence electrons. The Morgan fingerprint density at radius 1 is 1.11 bits per heavy atom. The molecule has 0 radical (unpaired) electrons. The van der Waals surface area contributed by atoms with E-state index in [-0.39, 0.29) is 12.5 Å². The van der Waals surface area contributed by atoms with Gasteiger partial charge in [0.1, 0.15) is 17.2 Å². The molecule has 0 heterocycles. The monoisotopic (exact) mass is 370 g/mol. The Morgan fingerprint density at radius 2 is 1.81 bits per heavy atom. The minimum atomic E-state index is -0.348. The lowest BCUT2D eigenvalue weighted by atomic mass is 9.99. The second kappa shape index (κ2) is 10.2. The summed E-state index contributed by atoms with van der Waals surface area (Å²) in [6.45, 7) is 4.22. The van der Waals surface area contributed by atoms with Crippen molar-refractivity contribution in [2.24, 2.45) is 5.10 Å². The molecule has 0 aliphatic heterocycles. The zero-order valence-electron chi connectivity index (χ0n) is 16.2. The summed E-state index contributed by atoms with van der Waals surface area (Å²) < 4.78 is 15.9. The third-order valence-electron chi connectivity index (χ3n) is 4.26. The summed E-state index contributed by atoms with van der Waals surface area (Å²) in [4.78, 5) is 11.9. The van der Waals surface area contributed by atoms with E-state index >= 15 is 0 Å². The molecule has 2 aromatic carbocycles. The van der Waals surface area contributed by atoms with E-state index in [1.165, 1.54) is 11.8 Å². The average molecular weight is 370 g/mol. The Morgan fingerprint density at radius 3 is 2.44 bits per heavy atom. The normalized spacial score (nSPS) is 11.9. The van der Waals surface area contributed by atoms with Crippen molar-refractivity contribution < 1.29 is 19.0 Å². The highest BCUT2D eigenvalue weighted by Gasteiger charge is 2.06. The van der Waals surface area contributed by atoms with Gasteiger partial charge in [-0.05, 0) is 48.2 Å². The molecule has 0 aliphatic rings. The van der Waals surface area contributed by atoms with Crippen LogP contribution in [-0.4, -0.2) is 32.9 Å². The summed E-state index contributed by atoms with van der Waals surface area (Å²) >= 11 is 0. The predicted octanol–water partition coefficient (Wildman–Crippen LogP) is 3.75. The van der Waals surface area contributed by atoms with E-state index in [9.17, 15) is 4.79 Å². The number of hydrogen-bond acceptors (Lipinski definition) is 5. The molecule has 1 atom stereocenters. The molecule has 0 spiro atoms. The van der Waals surface area contributed by atoms with Crippen molar-refractivity contribution >= 4 is 12.1 Å². The molecule has 1 N–H and O–H groups in total. The summed E-state index contributed by atoms with van der Waals surface area (Å²) in [5.41, 5.74) is 4.39. The minimum Gasteiger partial charge on any atom is -0.497 e. The fourth-order valence-electron chi connectivity index (χ4n) is 2.42. The summed E-state index contributed by atoms with van der Waals surface area (Å²) in [6.07, 6.45) is 2.58. The lowest BCUT2D eigenvalue weighted by Crippen LogP contribution is -2.24. The van der Waals surface area contributed by atoms with Crippen molar-refractivity contribution in [1.29, 1.82) is 0 Å². The number of hydrogen-bond donors (Lipinski definition) is 1. The first-order valence-electron chi connectivity index (χ1n) is 8.84. The smallest absolute Gasteiger partial charge is 0.277 e. The van der Waals surface area contributed by atoms with Crippen LogP contribution >= 0.6 is 0 Å². The van der Waals surface area contributed by atoms with E-state index < -0.39 is 0 Å². The van der Waals surface area contributed by atoms with Crippen LogP contribution in [0.5, 0.6) is 17.2 Å². The van der Waals surface area contributed by atoms with Gasteiger partial charge in [-0.25, -0.2) is 5.43 Å². The number of carbonyl (C=O) groups excluding carboxylic acids is 1. The SMILES string of the molecule is CC[C@H](C)c1ccc(OCC(=O)N/N=C/c2cc(OC)ccc2OC)cc1. The molecule has 2 aromatic rings. The second-order valence-electron chi connectivity index (χ2n) is 6.07. The van der Waals surface area contributed by atoms with Crippen LogP contribution in [-0.2, 0) is 4.79 Å². The Balaban J connectivity index is 1.86. The molecule has 2 rings (SSSR count). The van der Waals surface area contributed by atoms with E-state index in [0.29, 0.717) is 28.7 Å². The molecule has 6 nitrogen and oxygen atoms in total. The van der Waals surface area contributed by atoms with Crippen molar-refractivity contribution in [2.45, 2.75) is 26.2 Å². The largest absolute Gasteiger partial charge is 0.497 e. The first-order valence-corrected chi connectivity index (χ1v) is 8.84. The molecule has 0 aliphatic carbocycles. The zero-order valence-corrected chi connectivity index (χ0v) is 16.2. The number of nitrogens with zero attached hydrogens (tertiary/aromatic N) is 1. The lowest BCUT2D eigenvalue weighted by molar-refractivity contribution is -0.123. The van der Waals surface area contributed by atoms with Gasteiger partial charge in [-0.1, -0.05) is 26.0 Å². The van der Waals surface area contributed by atoms with Gasteiger partial charge in [0.05, 0.1) is 20.4 Å². The van der Waals surface area contributed by atoms with Gasteiger partial charge in [0, 0.05) is 5.56 Å². The first kappa shape index (κ1) is 20.3. The second-order valence-corrected chi connectivity index (χ2v) is 6.07. The number of nitrogens with one attached hydrogen (secondary N) is 1. The van der Waals surface area contributed by atoms with Crippen LogP contribution in [0.3, 0.4) is 0 Å². The van der Waals surface area contributed by atoms with Crippen molar-refractivity contribution in [1.82, 2.24) is 5.43 Å². The van der Waals surface area contributed by atoms with Crippen LogP contribution in [0.2, 0.25) is 0 Å². The van der Waals surface area contributed by atoms with Gasteiger partial charge in [0.2, 0.25) is 0 Å². The number of hydrazone groups is 1. The van der Waals surface area contributed by atoms with Gasteiger partial charge < -0.3 is 14.2 Å². The van der Waals surface area contributed by atoms with E-state index in [1.54, 1.807) is 32.4 Å². The quantitative estimate of drug-likeness (QED) is 0.539. The number of ether oxygens (including phenoxy) is 3. The third kappa shape index (κ3) is 6.02. The van der Waals surface area contributed by atoms with Gasteiger partial charge in [-0.2, -0.15) is 5.10 Å². The van der Waals surface area contributed by atoms with Crippen LogP contribution in [0.25, 0.3) is 0 Å². The van der Waals surface area contributed by atoms with Crippen LogP contribution in [0.15, 0.2) is 47.6 Å². The number of rotatable bonds is 9. The molecular weight excluding hydrogens is 344 g/mol. The number of carbonyl (C=O) groups is 1. The molecule has 0 aromatic heterocycles.